The van der Waals surface area contributed by atoms with Gasteiger partial charge in [0, 0.05) is 11.3 Å². The molecule has 0 unspecified atom stereocenters. The molecule has 0 atom stereocenters. The number of hydrogen-bond acceptors (Lipinski definition) is 5. The Morgan fingerprint density at radius 3 is 3.00 bits per heavy atom. The lowest BCUT2D eigenvalue weighted by Gasteiger charge is -2.11. The number of anilines is 1. The molecule has 0 aliphatic heterocycles. The highest BCUT2D eigenvalue weighted by molar-refractivity contribution is 5.74. The summed E-state index contributed by atoms with van der Waals surface area (Å²) in [7, 11) is 0. The summed E-state index contributed by atoms with van der Waals surface area (Å²) in [5, 5.41) is 3.06. The number of fused-ring (bicyclic) bond motifs is 1. The Hall–Kier alpha value is -1.65. The number of nitrogens with one attached hydrogen (secondary N) is 1. The Labute approximate surface area is 107 Å². The van der Waals surface area contributed by atoms with Crippen molar-refractivity contribution in [3.63, 3.8) is 0 Å². The average Bonchev–Trinajstić information content (AvgIpc) is 2.62. The van der Waals surface area contributed by atoms with E-state index in [1.807, 2.05) is 0 Å². The Bertz CT molecular complexity index is 421. The second-order valence-electron chi connectivity index (χ2n) is 4.37. The van der Waals surface area contributed by atoms with E-state index >= 15 is 0 Å². The van der Waals surface area contributed by atoms with Crippen LogP contribution in [0.5, 0.6) is 0 Å². The van der Waals surface area contributed by atoms with Gasteiger partial charge in [-0.15, -0.1) is 0 Å². The first-order chi connectivity index (χ1) is 8.81. The maximum Gasteiger partial charge on any atom is 0.325 e. The van der Waals surface area contributed by atoms with Crippen LogP contribution in [0, 0.1) is 0 Å². The first-order valence-corrected chi connectivity index (χ1v) is 6.53. The second kappa shape index (κ2) is 6.33. The first kappa shape index (κ1) is 12.8. The van der Waals surface area contributed by atoms with Crippen molar-refractivity contribution in [3.8, 4) is 0 Å². The summed E-state index contributed by atoms with van der Waals surface area (Å²) < 4.78 is 4.89. The normalized spacial score (nSPS) is 14.5. The maximum atomic E-state index is 11.3. The molecular weight excluding hydrogens is 230 g/mol. The van der Waals surface area contributed by atoms with Gasteiger partial charge in [0.1, 0.15) is 18.7 Å². The van der Waals surface area contributed by atoms with Gasteiger partial charge in [-0.1, -0.05) is 6.42 Å². The minimum Gasteiger partial charge on any atom is -0.465 e. The molecule has 0 saturated heterocycles. The summed E-state index contributed by atoms with van der Waals surface area (Å²) in [6.07, 6.45) is 7.13. The van der Waals surface area contributed by atoms with Gasteiger partial charge >= 0.3 is 5.97 Å². The topological polar surface area (TPSA) is 64.1 Å². The van der Waals surface area contributed by atoms with Gasteiger partial charge in [-0.2, -0.15) is 0 Å². The molecule has 0 spiro atoms. The third kappa shape index (κ3) is 3.18. The molecule has 2 rings (SSSR count). The lowest BCUT2D eigenvalue weighted by molar-refractivity contribution is -0.140. The number of aryl methyl sites for hydroxylation is 1. The van der Waals surface area contributed by atoms with Crippen LogP contribution in [0.2, 0.25) is 0 Å². The van der Waals surface area contributed by atoms with Gasteiger partial charge in [-0.05, 0) is 32.6 Å². The molecule has 98 valence electrons. The van der Waals surface area contributed by atoms with E-state index in [0.717, 1.165) is 30.8 Å². The van der Waals surface area contributed by atoms with Gasteiger partial charge in [-0.25, -0.2) is 9.97 Å². The fourth-order valence-electron chi connectivity index (χ4n) is 2.22. The van der Waals surface area contributed by atoms with E-state index < -0.39 is 0 Å². The van der Waals surface area contributed by atoms with Gasteiger partial charge in [0.05, 0.1) is 6.61 Å². The van der Waals surface area contributed by atoms with Crippen molar-refractivity contribution in [3.05, 3.63) is 17.6 Å². The number of hydrogen-bond donors (Lipinski definition) is 1. The van der Waals surface area contributed by atoms with Crippen LogP contribution in [0.3, 0.4) is 0 Å². The lowest BCUT2D eigenvalue weighted by atomic mass is 10.1. The highest BCUT2D eigenvalue weighted by Crippen LogP contribution is 2.23. The molecule has 1 aromatic rings. The minimum absolute atomic E-state index is 0.164. The molecule has 1 aromatic heterocycles. The Balaban J connectivity index is 2.06. The summed E-state index contributed by atoms with van der Waals surface area (Å²) >= 11 is 0. The van der Waals surface area contributed by atoms with Crippen LogP contribution in [-0.4, -0.2) is 29.1 Å². The minimum atomic E-state index is -0.251. The summed E-state index contributed by atoms with van der Waals surface area (Å²) in [5.74, 6) is 0.536. The molecule has 0 saturated carbocycles. The van der Waals surface area contributed by atoms with E-state index in [1.54, 1.807) is 13.3 Å². The zero-order valence-corrected chi connectivity index (χ0v) is 10.7. The molecule has 0 aromatic carbocycles. The second-order valence-corrected chi connectivity index (χ2v) is 4.37. The van der Waals surface area contributed by atoms with E-state index in [-0.39, 0.29) is 12.5 Å². The molecule has 1 heterocycles. The number of rotatable bonds is 4. The third-order valence-corrected chi connectivity index (χ3v) is 3.08. The zero-order valence-electron chi connectivity index (χ0n) is 10.7. The standard InChI is InChI=1S/C13H19N3O2/c1-2-18-12(17)8-14-13-10-6-4-3-5-7-11(10)15-9-16-13/h9H,2-8H2,1H3,(H,14,15,16). The van der Waals surface area contributed by atoms with Crippen LogP contribution >= 0.6 is 0 Å². The van der Waals surface area contributed by atoms with E-state index in [1.165, 1.54) is 18.4 Å². The molecule has 1 aliphatic carbocycles. The van der Waals surface area contributed by atoms with Gasteiger partial charge in [0.15, 0.2) is 0 Å². The van der Waals surface area contributed by atoms with Gasteiger partial charge in [-0.3, -0.25) is 4.79 Å². The molecule has 0 bridgehead atoms. The lowest BCUT2D eigenvalue weighted by Crippen LogP contribution is -2.18. The molecule has 1 aliphatic rings. The fourth-order valence-corrected chi connectivity index (χ4v) is 2.22. The van der Waals surface area contributed by atoms with Crippen LogP contribution in [0.4, 0.5) is 5.82 Å². The summed E-state index contributed by atoms with van der Waals surface area (Å²) in [5.41, 5.74) is 2.29. The van der Waals surface area contributed by atoms with Crippen molar-refractivity contribution in [1.29, 1.82) is 0 Å². The van der Waals surface area contributed by atoms with Crippen molar-refractivity contribution >= 4 is 11.8 Å². The largest absolute Gasteiger partial charge is 0.465 e. The van der Waals surface area contributed by atoms with E-state index in [4.69, 9.17) is 4.74 Å². The van der Waals surface area contributed by atoms with Gasteiger partial charge in [0.2, 0.25) is 0 Å². The van der Waals surface area contributed by atoms with E-state index in [0.29, 0.717) is 6.61 Å². The first-order valence-electron chi connectivity index (χ1n) is 6.53. The van der Waals surface area contributed by atoms with Crippen LogP contribution in [-0.2, 0) is 22.4 Å². The number of carbonyl (C=O) groups excluding carboxylic acids is 1. The van der Waals surface area contributed by atoms with Crippen LogP contribution in [0.25, 0.3) is 0 Å². The van der Waals surface area contributed by atoms with Crippen LogP contribution in [0.15, 0.2) is 6.33 Å². The molecule has 5 heteroatoms. The number of esters is 1. The Kier molecular flexibility index (Phi) is 4.50. The highest BCUT2D eigenvalue weighted by Gasteiger charge is 2.14. The summed E-state index contributed by atoms with van der Waals surface area (Å²) in [6.45, 7) is 2.37. The smallest absolute Gasteiger partial charge is 0.325 e. The number of nitrogens with zero attached hydrogens (tertiary/aromatic N) is 2. The predicted octanol–water partition coefficient (Wildman–Crippen LogP) is 1.72. The quantitative estimate of drug-likeness (QED) is 0.650. The molecule has 0 fully saturated rings. The summed E-state index contributed by atoms with van der Waals surface area (Å²) in [6, 6.07) is 0. The highest BCUT2D eigenvalue weighted by atomic mass is 16.5. The van der Waals surface area contributed by atoms with Crippen LogP contribution in [0.1, 0.15) is 37.4 Å². The molecule has 0 amide bonds. The van der Waals surface area contributed by atoms with Crippen molar-refractivity contribution in [2.24, 2.45) is 0 Å². The summed E-state index contributed by atoms with van der Waals surface area (Å²) in [4.78, 5) is 19.9. The van der Waals surface area contributed by atoms with Crippen molar-refractivity contribution in [1.82, 2.24) is 9.97 Å². The van der Waals surface area contributed by atoms with Gasteiger partial charge in [0.25, 0.3) is 0 Å². The van der Waals surface area contributed by atoms with Crippen LogP contribution < -0.4 is 5.32 Å². The average molecular weight is 249 g/mol. The Morgan fingerprint density at radius 1 is 1.33 bits per heavy atom. The number of aromatic nitrogens is 2. The number of carbonyl (C=O) groups is 1. The number of ether oxygens (including phenoxy) is 1. The monoisotopic (exact) mass is 249 g/mol. The van der Waals surface area contributed by atoms with Crippen molar-refractivity contribution in [2.75, 3.05) is 18.5 Å². The van der Waals surface area contributed by atoms with Crippen molar-refractivity contribution in [2.45, 2.75) is 39.0 Å². The fraction of sp³-hybridized carbons (Fsp3) is 0.615. The molecule has 18 heavy (non-hydrogen) atoms. The third-order valence-electron chi connectivity index (χ3n) is 3.08. The van der Waals surface area contributed by atoms with Gasteiger partial charge < -0.3 is 10.1 Å². The maximum absolute atomic E-state index is 11.3. The molecular formula is C13H19N3O2. The van der Waals surface area contributed by atoms with Crippen molar-refractivity contribution < 1.29 is 9.53 Å². The zero-order chi connectivity index (χ0) is 12.8. The molecule has 0 radical (unpaired) electrons. The molecule has 5 nitrogen and oxygen atoms in total. The SMILES string of the molecule is CCOC(=O)CNc1ncnc2c1CCCCC2. The van der Waals surface area contributed by atoms with E-state index in [9.17, 15) is 4.79 Å². The molecule has 1 N–H and O–H groups in total. The predicted molar refractivity (Wildman–Crippen MR) is 68.4 cm³/mol. The Morgan fingerprint density at radius 2 is 2.17 bits per heavy atom. The van der Waals surface area contributed by atoms with E-state index in [2.05, 4.69) is 15.3 Å².